The second-order valence-corrected chi connectivity index (χ2v) is 6.49. The fourth-order valence-electron chi connectivity index (χ4n) is 3.27. The lowest BCUT2D eigenvalue weighted by Gasteiger charge is -2.18. The smallest absolute Gasteiger partial charge is 0.279 e. The number of methoxy groups -OCH3 is 1. The van der Waals surface area contributed by atoms with Crippen molar-refractivity contribution in [2.45, 2.75) is 6.10 Å². The molecule has 0 saturated carbocycles. The number of rotatable bonds is 4. The average Bonchev–Trinajstić information content (AvgIpc) is 3.22. The molecule has 0 radical (unpaired) electrons. The van der Waals surface area contributed by atoms with Crippen LogP contribution in [0.3, 0.4) is 0 Å². The molecule has 10 heteroatoms. The third-order valence-corrected chi connectivity index (χ3v) is 4.91. The first kappa shape index (κ1) is 17.9. The molecule has 2 atom stereocenters. The molecular formula is C18H12ClN3O6. The van der Waals surface area contributed by atoms with Crippen LogP contribution in [0, 0.1) is 16.0 Å². The highest BCUT2D eigenvalue weighted by Gasteiger charge is 2.57. The van der Waals surface area contributed by atoms with Crippen LogP contribution in [-0.2, 0) is 14.4 Å². The van der Waals surface area contributed by atoms with Crippen LogP contribution in [0.4, 0.5) is 11.4 Å². The fraction of sp³-hybridized carbons (Fsp3) is 0.167. The molecule has 2 aromatic carbocycles. The SMILES string of the molecule is COc1ccc([N+](=O)[O-])cc1N1C(=O)C2ON=C(c3ccccc3Cl)C2C1=O. The van der Waals surface area contributed by atoms with Gasteiger partial charge in [-0.2, -0.15) is 0 Å². The Bertz CT molecular complexity index is 1050. The maximum atomic E-state index is 13.1. The van der Waals surface area contributed by atoms with Crippen LogP contribution in [0.5, 0.6) is 5.75 Å². The zero-order valence-electron chi connectivity index (χ0n) is 14.4. The highest BCUT2D eigenvalue weighted by atomic mass is 35.5. The Morgan fingerprint density at radius 3 is 2.64 bits per heavy atom. The molecule has 2 aromatic rings. The van der Waals surface area contributed by atoms with E-state index < -0.39 is 28.8 Å². The number of non-ortho nitro benzene ring substituents is 1. The van der Waals surface area contributed by atoms with Crippen molar-refractivity contribution in [3.63, 3.8) is 0 Å². The average molecular weight is 402 g/mol. The molecule has 1 saturated heterocycles. The summed E-state index contributed by atoms with van der Waals surface area (Å²) in [6.45, 7) is 0. The monoisotopic (exact) mass is 401 g/mol. The highest BCUT2D eigenvalue weighted by molar-refractivity contribution is 6.38. The molecule has 9 nitrogen and oxygen atoms in total. The number of fused-ring (bicyclic) bond motifs is 1. The first-order valence-corrected chi connectivity index (χ1v) is 8.50. The van der Waals surface area contributed by atoms with Crippen LogP contribution < -0.4 is 9.64 Å². The van der Waals surface area contributed by atoms with E-state index >= 15 is 0 Å². The van der Waals surface area contributed by atoms with Crippen LogP contribution in [-0.4, -0.2) is 35.7 Å². The summed E-state index contributed by atoms with van der Waals surface area (Å²) >= 11 is 6.19. The number of nitro groups is 1. The van der Waals surface area contributed by atoms with Crippen molar-refractivity contribution in [2.75, 3.05) is 12.0 Å². The lowest BCUT2D eigenvalue weighted by molar-refractivity contribution is -0.384. The summed E-state index contributed by atoms with van der Waals surface area (Å²) in [4.78, 5) is 42.5. The molecule has 2 unspecified atom stereocenters. The van der Waals surface area contributed by atoms with Crippen molar-refractivity contribution < 1.29 is 24.1 Å². The molecule has 2 amide bonds. The van der Waals surface area contributed by atoms with E-state index in [1.54, 1.807) is 24.3 Å². The van der Waals surface area contributed by atoms with E-state index in [2.05, 4.69) is 5.16 Å². The molecule has 28 heavy (non-hydrogen) atoms. The summed E-state index contributed by atoms with van der Waals surface area (Å²) in [6.07, 6.45) is -1.16. The third kappa shape index (κ3) is 2.59. The van der Waals surface area contributed by atoms with Gasteiger partial charge in [0.1, 0.15) is 23.1 Å². The second kappa shape index (κ2) is 6.61. The van der Waals surface area contributed by atoms with Crippen molar-refractivity contribution in [1.82, 2.24) is 0 Å². The summed E-state index contributed by atoms with van der Waals surface area (Å²) in [5, 5.41) is 15.4. The standard InChI is InChI=1S/C18H12ClN3O6/c1-27-13-7-6-9(22(25)26)8-12(13)21-17(23)14-15(20-28-16(14)18(21)24)10-4-2-3-5-11(10)19/h2-8,14,16H,1H3. The Morgan fingerprint density at radius 2 is 1.96 bits per heavy atom. The first-order chi connectivity index (χ1) is 13.4. The quantitative estimate of drug-likeness (QED) is 0.442. The topological polar surface area (TPSA) is 111 Å². The summed E-state index contributed by atoms with van der Waals surface area (Å²) in [6, 6.07) is 10.4. The molecule has 1 fully saturated rings. The number of nitro benzene ring substituents is 1. The Morgan fingerprint density at radius 1 is 1.21 bits per heavy atom. The van der Waals surface area contributed by atoms with Gasteiger partial charge in [0.15, 0.2) is 0 Å². The van der Waals surface area contributed by atoms with Crippen molar-refractivity contribution in [1.29, 1.82) is 0 Å². The minimum atomic E-state index is -1.16. The van der Waals surface area contributed by atoms with Gasteiger partial charge in [-0.1, -0.05) is 35.0 Å². The predicted octanol–water partition coefficient (Wildman–Crippen LogP) is 2.55. The Balaban J connectivity index is 1.77. The lowest BCUT2D eigenvalue weighted by Crippen LogP contribution is -2.33. The fourth-order valence-corrected chi connectivity index (χ4v) is 3.51. The van der Waals surface area contributed by atoms with Gasteiger partial charge in [0.2, 0.25) is 12.0 Å². The predicted molar refractivity (Wildman–Crippen MR) is 98.5 cm³/mol. The van der Waals surface area contributed by atoms with E-state index in [0.717, 1.165) is 11.0 Å². The van der Waals surface area contributed by atoms with Gasteiger partial charge in [0, 0.05) is 22.7 Å². The number of halogens is 1. The molecule has 0 bridgehead atoms. The normalized spacial score (nSPS) is 20.6. The molecule has 0 aromatic heterocycles. The van der Waals surface area contributed by atoms with Crippen LogP contribution in [0.25, 0.3) is 0 Å². The minimum absolute atomic E-state index is 0.0248. The number of hydrogen-bond acceptors (Lipinski definition) is 7. The zero-order chi connectivity index (χ0) is 20.0. The number of nitrogens with zero attached hydrogens (tertiary/aromatic N) is 3. The molecule has 2 heterocycles. The number of carbonyl (C=O) groups excluding carboxylic acids is 2. The number of amides is 2. The van der Waals surface area contributed by atoms with Gasteiger partial charge in [0.25, 0.3) is 11.6 Å². The summed E-state index contributed by atoms with van der Waals surface area (Å²) < 4.78 is 5.18. The van der Waals surface area contributed by atoms with Gasteiger partial charge in [-0.3, -0.25) is 19.7 Å². The number of oxime groups is 1. The van der Waals surface area contributed by atoms with Gasteiger partial charge < -0.3 is 9.57 Å². The van der Waals surface area contributed by atoms with Crippen molar-refractivity contribution >= 4 is 40.5 Å². The van der Waals surface area contributed by atoms with Gasteiger partial charge in [-0.25, -0.2) is 4.90 Å². The molecular weight excluding hydrogens is 390 g/mol. The number of carbonyl (C=O) groups is 2. The van der Waals surface area contributed by atoms with E-state index in [9.17, 15) is 19.7 Å². The van der Waals surface area contributed by atoms with Gasteiger partial charge in [0.05, 0.1) is 12.0 Å². The number of hydrogen-bond donors (Lipinski definition) is 0. The number of benzene rings is 2. The third-order valence-electron chi connectivity index (χ3n) is 4.58. The molecule has 142 valence electrons. The lowest BCUT2D eigenvalue weighted by atomic mass is 9.94. The Hall–Kier alpha value is -3.46. The highest BCUT2D eigenvalue weighted by Crippen LogP contribution is 2.40. The maximum absolute atomic E-state index is 13.1. The van der Waals surface area contributed by atoms with Crippen molar-refractivity contribution in [2.24, 2.45) is 11.1 Å². The van der Waals surface area contributed by atoms with E-state index in [1.165, 1.54) is 19.2 Å². The summed E-state index contributed by atoms with van der Waals surface area (Å²) in [5.74, 6) is -2.16. The largest absolute Gasteiger partial charge is 0.495 e. The van der Waals surface area contributed by atoms with Crippen LogP contribution in [0.1, 0.15) is 5.56 Å². The molecule has 2 aliphatic heterocycles. The summed E-state index contributed by atoms with van der Waals surface area (Å²) in [5.41, 5.74) is 0.407. The van der Waals surface area contributed by atoms with E-state index in [1.807, 2.05) is 0 Å². The van der Waals surface area contributed by atoms with E-state index in [4.69, 9.17) is 21.2 Å². The Labute approximate surface area is 163 Å². The van der Waals surface area contributed by atoms with Gasteiger partial charge in [-0.05, 0) is 12.1 Å². The molecule has 0 N–H and O–H groups in total. The number of imide groups is 1. The minimum Gasteiger partial charge on any atom is -0.495 e. The number of anilines is 1. The van der Waals surface area contributed by atoms with E-state index in [0.29, 0.717) is 10.6 Å². The summed E-state index contributed by atoms with van der Waals surface area (Å²) in [7, 11) is 1.34. The number of ether oxygens (including phenoxy) is 1. The molecule has 0 spiro atoms. The maximum Gasteiger partial charge on any atom is 0.279 e. The van der Waals surface area contributed by atoms with Crippen LogP contribution in [0.2, 0.25) is 5.02 Å². The molecule has 0 aliphatic carbocycles. The van der Waals surface area contributed by atoms with Gasteiger partial charge in [-0.15, -0.1) is 0 Å². The van der Waals surface area contributed by atoms with Crippen molar-refractivity contribution in [3.05, 3.63) is 63.2 Å². The van der Waals surface area contributed by atoms with Gasteiger partial charge >= 0.3 is 0 Å². The first-order valence-electron chi connectivity index (χ1n) is 8.13. The van der Waals surface area contributed by atoms with Crippen molar-refractivity contribution in [3.8, 4) is 5.75 Å². The van der Waals surface area contributed by atoms with Crippen LogP contribution in [0.15, 0.2) is 47.6 Å². The zero-order valence-corrected chi connectivity index (χ0v) is 15.1. The Kier molecular flexibility index (Phi) is 4.23. The molecule has 4 rings (SSSR count). The second-order valence-electron chi connectivity index (χ2n) is 6.09. The molecule has 2 aliphatic rings. The van der Waals surface area contributed by atoms with E-state index in [-0.39, 0.29) is 22.8 Å². The van der Waals surface area contributed by atoms with Crippen LogP contribution >= 0.6 is 11.6 Å².